The van der Waals surface area contributed by atoms with Gasteiger partial charge in [-0.05, 0) is 43.7 Å². The van der Waals surface area contributed by atoms with Gasteiger partial charge in [-0.2, -0.15) is 13.2 Å². The maximum absolute atomic E-state index is 13.6. The quantitative estimate of drug-likeness (QED) is 0.436. The minimum absolute atomic E-state index is 0.0477. The van der Waals surface area contributed by atoms with Crippen molar-refractivity contribution in [1.82, 2.24) is 10.1 Å². The third kappa shape index (κ3) is 4.37. The van der Waals surface area contributed by atoms with Crippen LogP contribution < -0.4 is 10.5 Å². The Kier molecular flexibility index (Phi) is 5.66. The maximum Gasteiger partial charge on any atom is 0.417 e. The molecule has 0 saturated heterocycles. The zero-order valence-electron chi connectivity index (χ0n) is 17.8. The second-order valence-corrected chi connectivity index (χ2v) is 9.06. The molecular weight excluding hydrogens is 473 g/mol. The number of nitrogens with one attached hydrogen (secondary N) is 1. The third-order valence-corrected chi connectivity index (χ3v) is 6.18. The molecule has 0 aliphatic carbocycles. The van der Waals surface area contributed by atoms with Crippen molar-refractivity contribution in [2.24, 2.45) is 5.14 Å². The van der Waals surface area contributed by atoms with E-state index in [-0.39, 0.29) is 38.5 Å². The number of nitrogens with two attached hydrogens (primary N) is 1. The van der Waals surface area contributed by atoms with E-state index in [0.717, 1.165) is 6.07 Å². The third-order valence-electron chi connectivity index (χ3n) is 5.12. The standard InChI is InChI=1S/C22H17F3N4O4S/c1-11-7-8-13(9-18(11)34(26,31)32)27-20(30)15-10-17(28-21-19(15)12(2)29-33-21)14-5-3-4-6-16(14)22(23,24)25/h3-10H,1-2H3,(H,27,30)(H2,26,31,32). The Labute approximate surface area is 191 Å². The number of nitrogens with zero attached hydrogens (tertiary/aromatic N) is 2. The van der Waals surface area contributed by atoms with Crippen molar-refractivity contribution in [2.75, 3.05) is 5.32 Å². The average Bonchev–Trinajstić information content (AvgIpc) is 3.14. The topological polar surface area (TPSA) is 128 Å². The highest BCUT2D eigenvalue weighted by molar-refractivity contribution is 7.89. The summed E-state index contributed by atoms with van der Waals surface area (Å²) in [6.07, 6.45) is -4.65. The molecule has 0 radical (unpaired) electrons. The molecule has 0 spiro atoms. The van der Waals surface area contributed by atoms with E-state index in [2.05, 4.69) is 15.5 Å². The maximum atomic E-state index is 13.6. The highest BCUT2D eigenvalue weighted by Gasteiger charge is 2.34. The van der Waals surface area contributed by atoms with Crippen molar-refractivity contribution in [3.63, 3.8) is 0 Å². The van der Waals surface area contributed by atoms with Gasteiger partial charge in [0.15, 0.2) is 0 Å². The lowest BCUT2D eigenvalue weighted by Crippen LogP contribution is -2.16. The number of alkyl halides is 3. The lowest BCUT2D eigenvalue weighted by Gasteiger charge is -2.13. The molecule has 4 rings (SSSR count). The molecule has 2 heterocycles. The summed E-state index contributed by atoms with van der Waals surface area (Å²) in [5, 5.41) is 11.8. The second-order valence-electron chi connectivity index (χ2n) is 7.53. The summed E-state index contributed by atoms with van der Waals surface area (Å²) in [7, 11) is -4.04. The van der Waals surface area contributed by atoms with Crippen LogP contribution in [-0.2, 0) is 16.2 Å². The number of hydrogen-bond acceptors (Lipinski definition) is 6. The zero-order chi connectivity index (χ0) is 24.8. The lowest BCUT2D eigenvalue weighted by molar-refractivity contribution is -0.137. The van der Waals surface area contributed by atoms with E-state index in [1.165, 1.54) is 42.5 Å². The van der Waals surface area contributed by atoms with E-state index < -0.39 is 27.7 Å². The molecule has 0 bridgehead atoms. The number of carbonyl (C=O) groups is 1. The molecule has 3 N–H and O–H groups in total. The Hall–Kier alpha value is -3.77. The first-order chi connectivity index (χ1) is 15.9. The van der Waals surface area contributed by atoms with Gasteiger partial charge in [-0.25, -0.2) is 18.5 Å². The van der Waals surface area contributed by atoms with Crippen LogP contribution >= 0.6 is 0 Å². The first-order valence-electron chi connectivity index (χ1n) is 9.74. The van der Waals surface area contributed by atoms with E-state index in [0.29, 0.717) is 11.3 Å². The van der Waals surface area contributed by atoms with Crippen LogP contribution in [0.2, 0.25) is 0 Å². The van der Waals surface area contributed by atoms with E-state index >= 15 is 0 Å². The molecule has 0 atom stereocenters. The molecule has 0 saturated carbocycles. The second kappa shape index (κ2) is 8.22. The molecule has 4 aromatic rings. The molecule has 176 valence electrons. The molecule has 34 heavy (non-hydrogen) atoms. The lowest BCUT2D eigenvalue weighted by atomic mass is 10.0. The summed E-state index contributed by atoms with van der Waals surface area (Å²) in [6.45, 7) is 3.10. The SMILES string of the molecule is Cc1ccc(NC(=O)c2cc(-c3ccccc3C(F)(F)F)nc3onc(C)c23)cc1S(N)(=O)=O. The van der Waals surface area contributed by atoms with Crippen molar-refractivity contribution in [2.45, 2.75) is 24.9 Å². The summed E-state index contributed by atoms with van der Waals surface area (Å²) < 4.78 is 69.4. The van der Waals surface area contributed by atoms with E-state index in [9.17, 15) is 26.4 Å². The van der Waals surface area contributed by atoms with E-state index in [1.54, 1.807) is 13.8 Å². The van der Waals surface area contributed by atoms with Gasteiger partial charge in [0.2, 0.25) is 10.0 Å². The van der Waals surface area contributed by atoms with Gasteiger partial charge in [-0.1, -0.05) is 29.4 Å². The minimum atomic E-state index is -4.65. The first kappa shape index (κ1) is 23.4. The molecular formula is C22H17F3N4O4S. The fourth-order valence-electron chi connectivity index (χ4n) is 3.55. The van der Waals surface area contributed by atoms with E-state index in [4.69, 9.17) is 9.66 Å². The Balaban J connectivity index is 1.84. The number of amides is 1. The van der Waals surface area contributed by atoms with Crippen molar-refractivity contribution in [3.05, 3.63) is 70.9 Å². The monoisotopic (exact) mass is 490 g/mol. The van der Waals surface area contributed by atoms with Crippen LogP contribution in [0.5, 0.6) is 0 Å². The fraction of sp³-hybridized carbons (Fsp3) is 0.136. The molecule has 12 heteroatoms. The highest BCUT2D eigenvalue weighted by Crippen LogP contribution is 2.37. The Morgan fingerprint density at radius 3 is 2.47 bits per heavy atom. The van der Waals surface area contributed by atoms with Gasteiger partial charge in [0.05, 0.1) is 32.8 Å². The number of anilines is 1. The van der Waals surface area contributed by atoms with Crippen LogP contribution in [0.25, 0.3) is 22.4 Å². The van der Waals surface area contributed by atoms with E-state index in [1.807, 2.05) is 0 Å². The number of sulfonamides is 1. The molecule has 0 fully saturated rings. The number of carbonyl (C=O) groups excluding carboxylic acids is 1. The summed E-state index contributed by atoms with van der Waals surface area (Å²) in [5.41, 5.74) is -0.677. The molecule has 1 amide bonds. The van der Waals surface area contributed by atoms with Crippen LogP contribution in [0.3, 0.4) is 0 Å². The number of aryl methyl sites for hydroxylation is 2. The van der Waals surface area contributed by atoms with Gasteiger partial charge >= 0.3 is 6.18 Å². The number of primary sulfonamides is 1. The van der Waals surface area contributed by atoms with Gasteiger partial charge in [-0.3, -0.25) is 4.79 Å². The van der Waals surface area contributed by atoms with Crippen molar-refractivity contribution < 1.29 is 30.9 Å². The number of hydrogen-bond donors (Lipinski definition) is 2. The Bertz CT molecular complexity index is 1550. The number of fused-ring (bicyclic) bond motifs is 1. The van der Waals surface area contributed by atoms with Gasteiger partial charge in [0, 0.05) is 11.3 Å². The van der Waals surface area contributed by atoms with Crippen LogP contribution in [-0.4, -0.2) is 24.5 Å². The smallest absolute Gasteiger partial charge is 0.335 e. The van der Waals surface area contributed by atoms with Crippen LogP contribution in [0.4, 0.5) is 18.9 Å². The van der Waals surface area contributed by atoms with Crippen molar-refractivity contribution in [3.8, 4) is 11.3 Å². The van der Waals surface area contributed by atoms with Crippen molar-refractivity contribution >= 4 is 32.7 Å². The van der Waals surface area contributed by atoms with Gasteiger partial charge in [-0.15, -0.1) is 0 Å². The number of halogens is 3. The van der Waals surface area contributed by atoms with Crippen LogP contribution in [0, 0.1) is 13.8 Å². The van der Waals surface area contributed by atoms with Gasteiger partial charge < -0.3 is 9.84 Å². The molecule has 2 aromatic heterocycles. The molecule has 2 aromatic carbocycles. The largest absolute Gasteiger partial charge is 0.417 e. The fourth-order valence-corrected chi connectivity index (χ4v) is 4.36. The molecule has 8 nitrogen and oxygen atoms in total. The number of benzene rings is 2. The summed E-state index contributed by atoms with van der Waals surface area (Å²) >= 11 is 0. The predicted molar refractivity (Wildman–Crippen MR) is 117 cm³/mol. The zero-order valence-corrected chi connectivity index (χ0v) is 18.6. The Morgan fingerprint density at radius 2 is 1.79 bits per heavy atom. The molecule has 0 unspecified atom stereocenters. The first-order valence-corrected chi connectivity index (χ1v) is 11.3. The summed E-state index contributed by atoms with van der Waals surface area (Å²) in [5.74, 6) is -0.728. The summed E-state index contributed by atoms with van der Waals surface area (Å²) in [6, 6.07) is 10.2. The van der Waals surface area contributed by atoms with Crippen LogP contribution in [0.1, 0.15) is 27.2 Å². The molecule has 0 aliphatic heterocycles. The normalized spacial score (nSPS) is 12.2. The average molecular weight is 490 g/mol. The van der Waals surface area contributed by atoms with Gasteiger partial charge in [0.25, 0.3) is 11.6 Å². The highest BCUT2D eigenvalue weighted by atomic mass is 32.2. The Morgan fingerprint density at radius 1 is 1.09 bits per heavy atom. The van der Waals surface area contributed by atoms with Crippen molar-refractivity contribution in [1.29, 1.82) is 0 Å². The number of pyridine rings is 1. The number of rotatable bonds is 4. The number of aromatic nitrogens is 2. The minimum Gasteiger partial charge on any atom is -0.335 e. The van der Waals surface area contributed by atoms with Gasteiger partial charge in [0.1, 0.15) is 0 Å². The predicted octanol–water partition coefficient (Wildman–Crippen LogP) is 4.43. The van der Waals surface area contributed by atoms with Crippen LogP contribution in [0.15, 0.2) is 57.9 Å². The molecule has 0 aliphatic rings. The summed E-state index contributed by atoms with van der Waals surface area (Å²) in [4.78, 5) is 17.1.